The lowest BCUT2D eigenvalue weighted by Gasteiger charge is -2.14. The molecule has 0 saturated heterocycles. The lowest BCUT2D eigenvalue weighted by atomic mass is 9.89. The maximum absolute atomic E-state index is 12.6. The number of imidazole rings is 1. The summed E-state index contributed by atoms with van der Waals surface area (Å²) in [5.41, 5.74) is 7.31. The van der Waals surface area contributed by atoms with Crippen LogP contribution in [0.25, 0.3) is 0 Å². The second-order valence-electron chi connectivity index (χ2n) is 5.58. The Morgan fingerprint density at radius 1 is 1.35 bits per heavy atom. The number of benzene rings is 1. The molecule has 104 valence electrons. The summed E-state index contributed by atoms with van der Waals surface area (Å²) < 4.78 is 1.97. The number of anilines is 1. The van der Waals surface area contributed by atoms with E-state index in [9.17, 15) is 4.79 Å². The highest BCUT2D eigenvalue weighted by Crippen LogP contribution is 2.49. The zero-order chi connectivity index (χ0) is 14.2. The Hall–Kier alpha value is -2.10. The van der Waals surface area contributed by atoms with Gasteiger partial charge in [0.2, 0.25) is 0 Å². The van der Waals surface area contributed by atoms with Gasteiger partial charge in [0.15, 0.2) is 0 Å². The number of rotatable bonds is 5. The number of nitrogens with zero attached hydrogens (tertiary/aromatic N) is 2. The van der Waals surface area contributed by atoms with Crippen LogP contribution in [0.3, 0.4) is 0 Å². The van der Waals surface area contributed by atoms with Gasteiger partial charge in [-0.2, -0.15) is 0 Å². The van der Waals surface area contributed by atoms with Gasteiger partial charge in [0, 0.05) is 38.0 Å². The molecule has 3 rings (SSSR count). The normalized spacial score (nSPS) is 16.1. The molecule has 2 aromatic rings. The molecule has 1 heterocycles. The highest BCUT2D eigenvalue weighted by molar-refractivity contribution is 5.93. The molecule has 1 aromatic heterocycles. The van der Waals surface area contributed by atoms with E-state index in [-0.39, 0.29) is 5.41 Å². The van der Waals surface area contributed by atoms with Gasteiger partial charge in [0.25, 0.3) is 0 Å². The maximum atomic E-state index is 12.6. The van der Waals surface area contributed by atoms with E-state index in [0.29, 0.717) is 18.6 Å². The fraction of sp³-hybridized carbons (Fsp3) is 0.375. The molecular weight excluding hydrogens is 250 g/mol. The Kier molecular flexibility index (Phi) is 3.08. The Bertz CT molecular complexity index is 623. The number of Topliss-reactive ketones (excluding diaryl/α,β-unsaturated/α-hetero) is 1. The molecule has 0 atom stereocenters. The highest BCUT2D eigenvalue weighted by atomic mass is 16.1. The van der Waals surface area contributed by atoms with Crippen LogP contribution < -0.4 is 5.73 Å². The second kappa shape index (κ2) is 4.78. The summed E-state index contributed by atoms with van der Waals surface area (Å²) in [5.74, 6) is 1.29. The largest absolute Gasteiger partial charge is 0.399 e. The van der Waals surface area contributed by atoms with E-state index in [0.717, 1.165) is 29.9 Å². The molecule has 4 nitrogen and oxygen atoms in total. The number of ketones is 1. The molecule has 0 spiro atoms. The van der Waals surface area contributed by atoms with Gasteiger partial charge < -0.3 is 10.3 Å². The number of aryl methyl sites for hydroxylation is 2. The fourth-order valence-electron chi connectivity index (χ4n) is 2.76. The number of carbonyl (C=O) groups excluding carboxylic acids is 1. The smallest absolute Gasteiger partial charge is 0.143 e. The van der Waals surface area contributed by atoms with Gasteiger partial charge in [-0.25, -0.2) is 4.98 Å². The molecule has 0 unspecified atom stereocenters. The SMILES string of the molecule is Cn1ccnc1CCC(=O)C1(c2ccc(N)cc2)CC1. The standard InChI is InChI=1S/C16H19N3O/c1-19-11-10-18-15(19)7-6-14(20)16(8-9-16)12-2-4-13(17)5-3-12/h2-5,10-11H,6-9,17H2,1H3. The van der Waals surface area contributed by atoms with Crippen LogP contribution in [0.2, 0.25) is 0 Å². The van der Waals surface area contributed by atoms with Gasteiger partial charge in [0.1, 0.15) is 11.6 Å². The van der Waals surface area contributed by atoms with Gasteiger partial charge in [-0.3, -0.25) is 4.79 Å². The number of carbonyl (C=O) groups is 1. The lowest BCUT2D eigenvalue weighted by Crippen LogP contribution is -2.21. The van der Waals surface area contributed by atoms with Gasteiger partial charge >= 0.3 is 0 Å². The van der Waals surface area contributed by atoms with Crippen LogP contribution in [0.15, 0.2) is 36.7 Å². The summed E-state index contributed by atoms with van der Waals surface area (Å²) in [5, 5.41) is 0. The average molecular weight is 269 g/mol. The molecule has 0 aliphatic heterocycles. The van der Waals surface area contributed by atoms with Crippen molar-refractivity contribution < 1.29 is 4.79 Å². The molecule has 2 N–H and O–H groups in total. The minimum atomic E-state index is -0.251. The molecule has 4 heteroatoms. The van der Waals surface area contributed by atoms with Crippen molar-refractivity contribution in [2.75, 3.05) is 5.73 Å². The van der Waals surface area contributed by atoms with E-state index in [1.807, 2.05) is 42.1 Å². The van der Waals surface area contributed by atoms with Crippen molar-refractivity contribution in [3.63, 3.8) is 0 Å². The number of hydrogen-bond acceptors (Lipinski definition) is 3. The van der Waals surface area contributed by atoms with Crippen molar-refractivity contribution in [2.45, 2.75) is 31.1 Å². The quantitative estimate of drug-likeness (QED) is 0.847. The first kappa shape index (κ1) is 12.9. The van der Waals surface area contributed by atoms with Crippen LogP contribution in [0.4, 0.5) is 5.69 Å². The number of nitrogen functional groups attached to an aromatic ring is 1. The van der Waals surface area contributed by atoms with Crippen molar-refractivity contribution in [1.29, 1.82) is 0 Å². The van der Waals surface area contributed by atoms with Gasteiger partial charge in [-0.05, 0) is 30.5 Å². The number of aromatic nitrogens is 2. The summed E-state index contributed by atoms with van der Waals surface area (Å²) in [6.07, 6.45) is 6.85. The van der Waals surface area contributed by atoms with E-state index < -0.39 is 0 Å². The van der Waals surface area contributed by atoms with E-state index in [4.69, 9.17) is 5.73 Å². The van der Waals surface area contributed by atoms with Crippen LogP contribution in [-0.2, 0) is 23.7 Å². The molecule has 0 bridgehead atoms. The third-order valence-corrected chi connectivity index (χ3v) is 4.24. The third-order valence-electron chi connectivity index (χ3n) is 4.24. The van der Waals surface area contributed by atoms with Gasteiger partial charge in [-0.1, -0.05) is 12.1 Å². The Morgan fingerprint density at radius 3 is 2.60 bits per heavy atom. The summed E-state index contributed by atoms with van der Waals surface area (Å²) in [6, 6.07) is 7.73. The highest BCUT2D eigenvalue weighted by Gasteiger charge is 2.50. The average Bonchev–Trinajstić information content (AvgIpc) is 3.15. The van der Waals surface area contributed by atoms with Crippen LogP contribution in [0, 0.1) is 0 Å². The topological polar surface area (TPSA) is 60.9 Å². The predicted octanol–water partition coefficient (Wildman–Crippen LogP) is 2.24. The molecule has 0 amide bonds. The van der Waals surface area contributed by atoms with Crippen molar-refractivity contribution >= 4 is 11.5 Å². The van der Waals surface area contributed by atoms with E-state index in [1.54, 1.807) is 6.20 Å². The summed E-state index contributed by atoms with van der Waals surface area (Å²) in [7, 11) is 1.96. The number of hydrogen-bond donors (Lipinski definition) is 1. The van der Waals surface area contributed by atoms with Crippen LogP contribution in [0.5, 0.6) is 0 Å². The molecule has 1 aliphatic rings. The first-order chi connectivity index (χ1) is 9.62. The molecule has 1 saturated carbocycles. The Labute approximate surface area is 118 Å². The predicted molar refractivity (Wildman–Crippen MR) is 78.3 cm³/mol. The first-order valence-corrected chi connectivity index (χ1v) is 6.97. The van der Waals surface area contributed by atoms with Crippen molar-refractivity contribution in [1.82, 2.24) is 9.55 Å². The minimum absolute atomic E-state index is 0.251. The zero-order valence-electron chi connectivity index (χ0n) is 11.7. The zero-order valence-corrected chi connectivity index (χ0v) is 11.7. The fourth-order valence-corrected chi connectivity index (χ4v) is 2.76. The number of nitrogens with two attached hydrogens (primary N) is 1. The van der Waals surface area contributed by atoms with E-state index in [1.165, 1.54) is 0 Å². The first-order valence-electron chi connectivity index (χ1n) is 6.97. The third kappa shape index (κ3) is 2.22. The van der Waals surface area contributed by atoms with Crippen LogP contribution in [-0.4, -0.2) is 15.3 Å². The summed E-state index contributed by atoms with van der Waals surface area (Å²) in [4.78, 5) is 16.8. The Balaban J connectivity index is 1.70. The molecule has 1 fully saturated rings. The molecule has 0 radical (unpaired) electrons. The minimum Gasteiger partial charge on any atom is -0.399 e. The monoisotopic (exact) mass is 269 g/mol. The van der Waals surface area contributed by atoms with Gasteiger partial charge in [-0.15, -0.1) is 0 Å². The molecular formula is C16H19N3O. The molecule has 1 aliphatic carbocycles. The maximum Gasteiger partial charge on any atom is 0.143 e. The van der Waals surface area contributed by atoms with Crippen molar-refractivity contribution in [3.8, 4) is 0 Å². The Morgan fingerprint density at radius 2 is 2.05 bits per heavy atom. The molecule has 1 aromatic carbocycles. The van der Waals surface area contributed by atoms with Crippen LogP contribution in [0.1, 0.15) is 30.7 Å². The molecule has 20 heavy (non-hydrogen) atoms. The second-order valence-corrected chi connectivity index (χ2v) is 5.58. The summed E-state index contributed by atoms with van der Waals surface area (Å²) in [6.45, 7) is 0. The van der Waals surface area contributed by atoms with Crippen molar-refractivity contribution in [2.24, 2.45) is 7.05 Å². The van der Waals surface area contributed by atoms with Crippen LogP contribution >= 0.6 is 0 Å². The lowest BCUT2D eigenvalue weighted by molar-refractivity contribution is -0.121. The summed E-state index contributed by atoms with van der Waals surface area (Å²) >= 11 is 0. The van der Waals surface area contributed by atoms with E-state index >= 15 is 0 Å². The van der Waals surface area contributed by atoms with Crippen molar-refractivity contribution in [3.05, 3.63) is 48.0 Å². The van der Waals surface area contributed by atoms with Gasteiger partial charge in [0.05, 0.1) is 5.41 Å². The van der Waals surface area contributed by atoms with E-state index in [2.05, 4.69) is 4.98 Å².